The zero-order valence-corrected chi connectivity index (χ0v) is 19.1. The smallest absolute Gasteiger partial charge is 0.329 e. The Morgan fingerprint density at radius 3 is 1.85 bits per heavy atom. The van der Waals surface area contributed by atoms with E-state index in [1.165, 1.54) is 0 Å². The Hall–Kier alpha value is -4.06. The number of carbonyl (C=O) groups excluding carboxylic acids is 4. The number of imide groups is 1. The molecule has 0 unspecified atom stereocenters. The molecule has 34 heavy (non-hydrogen) atoms. The molecule has 6 nitrogen and oxygen atoms in total. The fourth-order valence-corrected chi connectivity index (χ4v) is 4.04. The first-order valence-electron chi connectivity index (χ1n) is 11.2. The van der Waals surface area contributed by atoms with Crippen LogP contribution in [0.4, 0.5) is 0 Å². The SMILES string of the molecule is CC(C)C[C@H](C(=O)OCC(=O)c1ccc(-c2ccccc2)cc1)N1C(=O)c2ccccc2C1=O. The molecule has 172 valence electrons. The maximum atomic E-state index is 13.0. The monoisotopic (exact) mass is 455 g/mol. The van der Waals surface area contributed by atoms with Crippen LogP contribution in [0.5, 0.6) is 0 Å². The van der Waals surface area contributed by atoms with Gasteiger partial charge >= 0.3 is 5.97 Å². The second kappa shape index (κ2) is 9.83. The summed E-state index contributed by atoms with van der Waals surface area (Å²) >= 11 is 0. The van der Waals surface area contributed by atoms with Gasteiger partial charge in [-0.15, -0.1) is 0 Å². The molecule has 0 radical (unpaired) electrons. The second-order valence-corrected chi connectivity index (χ2v) is 8.65. The minimum Gasteiger partial charge on any atom is -0.456 e. The van der Waals surface area contributed by atoms with E-state index in [9.17, 15) is 19.2 Å². The van der Waals surface area contributed by atoms with Crippen LogP contribution in [-0.2, 0) is 9.53 Å². The van der Waals surface area contributed by atoms with Gasteiger partial charge in [0.1, 0.15) is 6.04 Å². The van der Waals surface area contributed by atoms with E-state index in [-0.39, 0.29) is 29.2 Å². The summed E-state index contributed by atoms with van der Waals surface area (Å²) in [6.45, 7) is 3.30. The first-order chi connectivity index (χ1) is 16.4. The van der Waals surface area contributed by atoms with Crippen LogP contribution < -0.4 is 0 Å². The van der Waals surface area contributed by atoms with Gasteiger partial charge < -0.3 is 4.74 Å². The molecule has 1 heterocycles. The van der Waals surface area contributed by atoms with Crippen molar-refractivity contribution in [2.45, 2.75) is 26.3 Å². The average molecular weight is 456 g/mol. The number of fused-ring (bicyclic) bond motifs is 1. The molecule has 2 amide bonds. The zero-order valence-electron chi connectivity index (χ0n) is 19.1. The van der Waals surface area contributed by atoms with Crippen LogP contribution in [0, 0.1) is 5.92 Å². The minimum atomic E-state index is -1.10. The lowest BCUT2D eigenvalue weighted by Crippen LogP contribution is -2.46. The third-order valence-electron chi connectivity index (χ3n) is 5.76. The topological polar surface area (TPSA) is 80.8 Å². The van der Waals surface area contributed by atoms with Gasteiger partial charge in [0.2, 0.25) is 0 Å². The average Bonchev–Trinajstić information content (AvgIpc) is 3.11. The van der Waals surface area contributed by atoms with E-state index >= 15 is 0 Å². The quantitative estimate of drug-likeness (QED) is 0.277. The zero-order chi connectivity index (χ0) is 24.2. The van der Waals surface area contributed by atoms with Crippen molar-refractivity contribution in [3.8, 4) is 11.1 Å². The van der Waals surface area contributed by atoms with E-state index in [1.807, 2.05) is 56.3 Å². The van der Waals surface area contributed by atoms with Gasteiger partial charge in [0.15, 0.2) is 12.4 Å². The molecule has 0 aliphatic carbocycles. The van der Waals surface area contributed by atoms with E-state index in [0.717, 1.165) is 16.0 Å². The number of hydrogen-bond acceptors (Lipinski definition) is 5. The molecule has 0 spiro atoms. The van der Waals surface area contributed by atoms with Gasteiger partial charge in [0.25, 0.3) is 11.8 Å². The molecule has 1 atom stereocenters. The van der Waals surface area contributed by atoms with E-state index < -0.39 is 30.4 Å². The third-order valence-corrected chi connectivity index (χ3v) is 5.76. The summed E-state index contributed by atoms with van der Waals surface area (Å²) in [6, 6.07) is 22.2. The van der Waals surface area contributed by atoms with Gasteiger partial charge in [-0.25, -0.2) is 4.79 Å². The van der Waals surface area contributed by atoms with Crippen LogP contribution >= 0.6 is 0 Å². The van der Waals surface area contributed by atoms with Gasteiger partial charge in [-0.05, 0) is 35.6 Å². The summed E-state index contributed by atoms with van der Waals surface area (Å²) in [6.07, 6.45) is 0.240. The van der Waals surface area contributed by atoms with Crippen LogP contribution in [0.1, 0.15) is 51.3 Å². The number of amides is 2. The maximum absolute atomic E-state index is 13.0. The van der Waals surface area contributed by atoms with E-state index in [4.69, 9.17) is 4.74 Å². The van der Waals surface area contributed by atoms with Crippen molar-refractivity contribution in [2.24, 2.45) is 5.92 Å². The van der Waals surface area contributed by atoms with Crippen LogP contribution in [0.15, 0.2) is 78.9 Å². The van der Waals surface area contributed by atoms with Crippen LogP contribution in [0.25, 0.3) is 11.1 Å². The standard InChI is InChI=1S/C28H25NO5/c1-18(2)16-24(29-26(31)22-10-6-7-11-23(22)27(29)32)28(33)34-17-25(30)21-14-12-20(13-15-21)19-8-4-3-5-9-19/h3-15,18,24H,16-17H2,1-2H3/t24-/m1/s1. The Balaban J connectivity index is 1.45. The van der Waals surface area contributed by atoms with Crippen LogP contribution in [0.2, 0.25) is 0 Å². The summed E-state index contributed by atoms with van der Waals surface area (Å²) in [5.41, 5.74) is 2.95. The van der Waals surface area contributed by atoms with Crippen molar-refractivity contribution in [3.63, 3.8) is 0 Å². The Morgan fingerprint density at radius 2 is 1.29 bits per heavy atom. The van der Waals surface area contributed by atoms with Crippen molar-refractivity contribution in [2.75, 3.05) is 6.61 Å². The molecule has 1 aliphatic rings. The summed E-state index contributed by atoms with van der Waals surface area (Å²) in [5.74, 6) is -2.16. The lowest BCUT2D eigenvalue weighted by atomic mass is 10.0. The number of benzene rings is 3. The molecule has 3 aromatic carbocycles. The highest BCUT2D eigenvalue weighted by atomic mass is 16.5. The predicted molar refractivity (Wildman–Crippen MR) is 127 cm³/mol. The number of carbonyl (C=O) groups is 4. The highest BCUT2D eigenvalue weighted by molar-refractivity contribution is 6.22. The lowest BCUT2D eigenvalue weighted by Gasteiger charge is -2.25. The molecular weight excluding hydrogens is 430 g/mol. The van der Waals surface area contributed by atoms with Gasteiger partial charge in [-0.2, -0.15) is 0 Å². The van der Waals surface area contributed by atoms with E-state index in [0.29, 0.717) is 5.56 Å². The fourth-order valence-electron chi connectivity index (χ4n) is 4.04. The summed E-state index contributed by atoms with van der Waals surface area (Å²) in [5, 5.41) is 0. The van der Waals surface area contributed by atoms with Gasteiger partial charge in [0.05, 0.1) is 11.1 Å². The largest absolute Gasteiger partial charge is 0.456 e. The van der Waals surface area contributed by atoms with Crippen LogP contribution in [0.3, 0.4) is 0 Å². The van der Waals surface area contributed by atoms with Crippen LogP contribution in [-0.4, -0.2) is 41.1 Å². The normalized spacial score (nSPS) is 13.7. The summed E-state index contributed by atoms with van der Waals surface area (Å²) in [7, 11) is 0. The molecule has 0 fully saturated rings. The maximum Gasteiger partial charge on any atom is 0.329 e. The van der Waals surface area contributed by atoms with E-state index in [1.54, 1.807) is 36.4 Å². The number of esters is 1. The number of rotatable bonds is 8. The molecular formula is C28H25NO5. The Morgan fingerprint density at radius 1 is 0.765 bits per heavy atom. The van der Waals surface area contributed by atoms with Crippen molar-refractivity contribution in [1.29, 1.82) is 0 Å². The molecule has 0 bridgehead atoms. The lowest BCUT2D eigenvalue weighted by molar-refractivity contribution is -0.147. The van der Waals surface area contributed by atoms with Crippen molar-refractivity contribution >= 4 is 23.6 Å². The Labute approximate surface area is 198 Å². The van der Waals surface area contributed by atoms with Gasteiger partial charge in [-0.1, -0.05) is 80.6 Å². The van der Waals surface area contributed by atoms with Crippen molar-refractivity contribution in [1.82, 2.24) is 4.90 Å². The summed E-state index contributed by atoms with van der Waals surface area (Å²) in [4.78, 5) is 52.3. The molecule has 3 aromatic rings. The Bertz CT molecular complexity index is 1200. The highest BCUT2D eigenvalue weighted by Crippen LogP contribution is 2.27. The van der Waals surface area contributed by atoms with Crippen molar-refractivity contribution in [3.05, 3.63) is 95.6 Å². The molecule has 4 rings (SSSR count). The van der Waals surface area contributed by atoms with Gasteiger partial charge in [0, 0.05) is 5.56 Å². The molecule has 0 saturated carbocycles. The summed E-state index contributed by atoms with van der Waals surface area (Å²) < 4.78 is 5.31. The second-order valence-electron chi connectivity index (χ2n) is 8.65. The minimum absolute atomic E-state index is 0.0168. The molecule has 0 aromatic heterocycles. The number of hydrogen-bond donors (Lipinski definition) is 0. The number of Topliss-reactive ketones (excluding diaryl/α,β-unsaturated/α-hetero) is 1. The number of nitrogens with zero attached hydrogens (tertiary/aromatic N) is 1. The van der Waals surface area contributed by atoms with E-state index in [2.05, 4.69) is 0 Å². The number of ketones is 1. The Kier molecular flexibility index (Phi) is 6.68. The first-order valence-corrected chi connectivity index (χ1v) is 11.2. The predicted octanol–water partition coefficient (Wildman–Crippen LogP) is 4.79. The molecule has 6 heteroatoms. The molecule has 0 N–H and O–H groups in total. The number of ether oxygens (including phenoxy) is 1. The fraction of sp³-hybridized carbons (Fsp3) is 0.214. The van der Waals surface area contributed by atoms with Gasteiger partial charge in [-0.3, -0.25) is 19.3 Å². The molecule has 1 aliphatic heterocycles. The first kappa shape index (κ1) is 23.1. The van der Waals surface area contributed by atoms with Crippen molar-refractivity contribution < 1.29 is 23.9 Å². The third kappa shape index (κ3) is 4.66. The highest BCUT2D eigenvalue weighted by Gasteiger charge is 2.43. The molecule has 0 saturated heterocycles.